The number of oxime groups is 1. The van der Waals surface area contributed by atoms with Crippen LogP contribution in [0.25, 0.3) is 0 Å². The van der Waals surface area contributed by atoms with Gasteiger partial charge in [-0.2, -0.15) is 0 Å². The van der Waals surface area contributed by atoms with Crippen LogP contribution in [0.3, 0.4) is 0 Å². The third kappa shape index (κ3) is 5.76. The number of carbonyl (C=O) groups is 1. The van der Waals surface area contributed by atoms with Gasteiger partial charge in [-0.15, -0.1) is 5.10 Å². The van der Waals surface area contributed by atoms with E-state index in [-0.39, 0.29) is 31.1 Å². The van der Waals surface area contributed by atoms with Crippen molar-refractivity contribution in [3.05, 3.63) is 65.6 Å². The number of anilines is 1. The first-order valence-electron chi connectivity index (χ1n) is 10.5. The summed E-state index contributed by atoms with van der Waals surface area (Å²) in [7, 11) is 1.73. The van der Waals surface area contributed by atoms with Gasteiger partial charge in [0.25, 0.3) is 0 Å². The van der Waals surface area contributed by atoms with Crippen LogP contribution in [0.5, 0.6) is 0 Å². The summed E-state index contributed by atoms with van der Waals surface area (Å²) in [5.74, 6) is 0.631. The molecule has 1 fully saturated rings. The number of aromatic nitrogens is 5. The highest BCUT2D eigenvalue weighted by Crippen LogP contribution is 2.21. The van der Waals surface area contributed by atoms with E-state index in [1.807, 2.05) is 44.2 Å². The summed E-state index contributed by atoms with van der Waals surface area (Å²) in [6.07, 6.45) is -0.546. The molecule has 1 saturated heterocycles. The van der Waals surface area contributed by atoms with E-state index >= 15 is 0 Å². The number of hydrogen-bond acceptors (Lipinski definition) is 9. The number of amides is 1. The Morgan fingerprint density at radius 1 is 1.12 bits per heavy atom. The molecule has 3 aromatic rings. The van der Waals surface area contributed by atoms with Gasteiger partial charge in [-0.3, -0.25) is 4.79 Å². The lowest BCUT2D eigenvalue weighted by Gasteiger charge is -2.10. The number of nitrogens with one attached hydrogen (secondary N) is 1. The smallest absolute Gasteiger partial charge is 0.230 e. The number of tetrazole rings is 1. The van der Waals surface area contributed by atoms with Crippen LogP contribution in [0.1, 0.15) is 37.4 Å². The number of aryl methyl sites for hydroxylation is 1. The van der Waals surface area contributed by atoms with Crippen molar-refractivity contribution in [1.82, 2.24) is 25.2 Å². The van der Waals surface area contributed by atoms with E-state index < -0.39 is 6.29 Å². The first kappa shape index (κ1) is 22.5. The van der Waals surface area contributed by atoms with E-state index in [0.717, 1.165) is 5.56 Å². The van der Waals surface area contributed by atoms with Crippen molar-refractivity contribution in [2.45, 2.75) is 45.4 Å². The second kappa shape index (κ2) is 10.3. The summed E-state index contributed by atoms with van der Waals surface area (Å²) in [5, 5.41) is 18.6. The second-order valence-corrected chi connectivity index (χ2v) is 7.58. The maximum atomic E-state index is 12.3. The van der Waals surface area contributed by atoms with Crippen LogP contribution >= 0.6 is 0 Å². The quantitative estimate of drug-likeness (QED) is 0.407. The molecule has 4 rings (SSSR count). The molecule has 1 amide bonds. The van der Waals surface area contributed by atoms with Gasteiger partial charge in [0.2, 0.25) is 11.7 Å². The highest BCUT2D eigenvalue weighted by molar-refractivity contribution is 6.10. The molecule has 1 N–H and O–H groups in total. The Kier molecular flexibility index (Phi) is 7.01. The molecule has 2 unspecified atom stereocenters. The Morgan fingerprint density at radius 3 is 2.58 bits per heavy atom. The Labute approximate surface area is 190 Å². The van der Waals surface area contributed by atoms with Crippen molar-refractivity contribution < 1.29 is 19.1 Å². The molecule has 0 spiro atoms. The number of rotatable bonds is 8. The second-order valence-electron chi connectivity index (χ2n) is 7.58. The summed E-state index contributed by atoms with van der Waals surface area (Å²) in [5.41, 5.74) is 1.90. The SMILES string of the molecule is CC1OC(CC(=O)Nc2cccc(CON=C(c3ccccc3)c3nnnn3C)n2)OC1C. The summed E-state index contributed by atoms with van der Waals surface area (Å²) in [6.45, 7) is 3.93. The van der Waals surface area contributed by atoms with E-state index in [1.54, 1.807) is 25.2 Å². The predicted molar refractivity (Wildman–Crippen MR) is 118 cm³/mol. The van der Waals surface area contributed by atoms with E-state index in [2.05, 4.69) is 31.0 Å². The minimum Gasteiger partial charge on any atom is -0.389 e. The monoisotopic (exact) mass is 451 g/mol. The third-order valence-electron chi connectivity index (χ3n) is 5.07. The summed E-state index contributed by atoms with van der Waals surface area (Å²) < 4.78 is 12.7. The van der Waals surface area contributed by atoms with E-state index in [0.29, 0.717) is 23.0 Å². The molecule has 11 heteroatoms. The lowest BCUT2D eigenvalue weighted by molar-refractivity contribution is -0.126. The number of benzene rings is 1. The lowest BCUT2D eigenvalue weighted by atomic mass is 10.1. The van der Waals surface area contributed by atoms with E-state index in [9.17, 15) is 4.79 Å². The predicted octanol–water partition coefficient (Wildman–Crippen LogP) is 2.05. The maximum Gasteiger partial charge on any atom is 0.230 e. The highest BCUT2D eigenvalue weighted by atomic mass is 16.7. The standard InChI is InChI=1S/C22H25N7O4/c1-14-15(2)33-20(32-14)12-19(30)24-18-11-7-10-17(23-18)13-31-26-21(16-8-5-4-6-9-16)22-25-27-28-29(22)3/h4-11,14-15,20H,12-13H2,1-3H3,(H,23,24,30). The average molecular weight is 451 g/mol. The number of ether oxygens (including phenoxy) is 2. The van der Waals surface area contributed by atoms with Gasteiger partial charge in [0.1, 0.15) is 5.82 Å². The summed E-state index contributed by atoms with van der Waals surface area (Å²) >= 11 is 0. The molecule has 1 aromatic carbocycles. The first-order chi connectivity index (χ1) is 16.0. The van der Waals surface area contributed by atoms with Gasteiger partial charge in [-0.05, 0) is 36.4 Å². The lowest BCUT2D eigenvalue weighted by Crippen LogP contribution is -2.21. The molecule has 1 aliphatic heterocycles. The number of nitrogens with zero attached hydrogens (tertiary/aromatic N) is 6. The van der Waals surface area contributed by atoms with Gasteiger partial charge >= 0.3 is 0 Å². The van der Waals surface area contributed by atoms with E-state index in [4.69, 9.17) is 14.3 Å². The van der Waals surface area contributed by atoms with Gasteiger partial charge in [-0.1, -0.05) is 41.6 Å². The molecule has 0 bridgehead atoms. The van der Waals surface area contributed by atoms with Crippen LogP contribution in [-0.4, -0.2) is 55.3 Å². The number of hydrogen-bond donors (Lipinski definition) is 1. The minimum absolute atomic E-state index is 0.0416. The summed E-state index contributed by atoms with van der Waals surface area (Å²) in [6, 6.07) is 14.7. The van der Waals surface area contributed by atoms with Gasteiger partial charge in [0.15, 0.2) is 18.6 Å². The van der Waals surface area contributed by atoms with Crippen molar-refractivity contribution in [3.8, 4) is 0 Å². The fourth-order valence-corrected chi connectivity index (χ4v) is 3.21. The van der Waals surface area contributed by atoms with Crippen molar-refractivity contribution in [1.29, 1.82) is 0 Å². The fourth-order valence-electron chi connectivity index (χ4n) is 3.21. The topological polar surface area (TPSA) is 126 Å². The van der Waals surface area contributed by atoms with Gasteiger partial charge in [0, 0.05) is 12.6 Å². The first-order valence-corrected chi connectivity index (χ1v) is 10.5. The van der Waals surface area contributed by atoms with Crippen LogP contribution in [0.15, 0.2) is 53.7 Å². The molecule has 1 aliphatic rings. The van der Waals surface area contributed by atoms with Crippen molar-refractivity contribution in [3.63, 3.8) is 0 Å². The molecule has 2 atom stereocenters. The molecule has 0 radical (unpaired) electrons. The van der Waals surface area contributed by atoms with Gasteiger partial charge in [0.05, 0.1) is 24.3 Å². The number of pyridine rings is 1. The Bertz CT molecular complexity index is 1110. The average Bonchev–Trinajstić information content (AvgIpc) is 3.36. The van der Waals surface area contributed by atoms with Crippen LogP contribution in [-0.2, 0) is 32.8 Å². The Hall–Kier alpha value is -3.70. The molecule has 0 saturated carbocycles. The van der Waals surface area contributed by atoms with Gasteiger partial charge in [-0.25, -0.2) is 9.67 Å². The molecular formula is C22H25N7O4. The largest absolute Gasteiger partial charge is 0.389 e. The summed E-state index contributed by atoms with van der Waals surface area (Å²) in [4.78, 5) is 22.3. The zero-order valence-corrected chi connectivity index (χ0v) is 18.6. The van der Waals surface area contributed by atoms with Crippen molar-refractivity contribution in [2.24, 2.45) is 12.2 Å². The fraction of sp³-hybridized carbons (Fsp3) is 0.364. The zero-order chi connectivity index (χ0) is 23.2. The Morgan fingerprint density at radius 2 is 1.88 bits per heavy atom. The van der Waals surface area contributed by atoms with Gasteiger partial charge < -0.3 is 19.6 Å². The molecule has 172 valence electrons. The van der Waals surface area contributed by atoms with Crippen LogP contribution in [0, 0.1) is 0 Å². The van der Waals surface area contributed by atoms with Crippen molar-refractivity contribution >= 4 is 17.4 Å². The third-order valence-corrected chi connectivity index (χ3v) is 5.07. The van der Waals surface area contributed by atoms with Crippen LogP contribution in [0.4, 0.5) is 5.82 Å². The molecule has 3 heterocycles. The normalized spacial score (nSPS) is 20.6. The minimum atomic E-state index is -0.553. The highest BCUT2D eigenvalue weighted by Gasteiger charge is 2.31. The van der Waals surface area contributed by atoms with Crippen LogP contribution in [0.2, 0.25) is 0 Å². The molecular weight excluding hydrogens is 426 g/mol. The van der Waals surface area contributed by atoms with E-state index in [1.165, 1.54) is 4.68 Å². The maximum absolute atomic E-state index is 12.3. The number of carbonyl (C=O) groups excluding carboxylic acids is 1. The Balaban J connectivity index is 1.39. The molecule has 11 nitrogen and oxygen atoms in total. The van der Waals surface area contributed by atoms with Crippen LogP contribution < -0.4 is 5.32 Å². The molecule has 2 aromatic heterocycles. The molecule has 0 aliphatic carbocycles. The molecule has 33 heavy (non-hydrogen) atoms. The zero-order valence-electron chi connectivity index (χ0n) is 18.6. The van der Waals surface area contributed by atoms with Crippen molar-refractivity contribution in [2.75, 3.05) is 5.32 Å².